The lowest BCUT2D eigenvalue weighted by Gasteiger charge is -2.12. The molecule has 2 aromatic carbocycles. The molecule has 3 rings (SSSR count). The molecule has 0 spiro atoms. The average Bonchev–Trinajstić information content (AvgIpc) is 2.77. The minimum Gasteiger partial charge on any atom is -0.497 e. The van der Waals surface area contributed by atoms with Crippen LogP contribution in [0.1, 0.15) is 11.3 Å². The monoisotopic (exact) mass is 395 g/mol. The Balaban J connectivity index is 2.07. The molecule has 0 amide bonds. The van der Waals surface area contributed by atoms with Gasteiger partial charge in [0.15, 0.2) is 18.0 Å². The van der Waals surface area contributed by atoms with Gasteiger partial charge in [0.25, 0.3) is 0 Å². The fraction of sp³-hybridized carbons (Fsp3) is 0.261. The second kappa shape index (κ2) is 9.30. The lowest BCUT2D eigenvalue weighted by molar-refractivity contribution is -0.670. The standard InChI is InChI=1S/C23H27N2O4/c1-26-19-9-10-20-16(13-19)5-7-18(25(20)12-11-24)8-6-17-14-22(28-3)23(29-4)15-21(17)27-2/h5-10,13-15H,11-12,24H2,1-4H3/q+1/b8-6+. The van der Waals surface area contributed by atoms with Gasteiger partial charge in [-0.15, -0.1) is 0 Å². The van der Waals surface area contributed by atoms with Crippen molar-refractivity contribution < 1.29 is 23.5 Å². The summed E-state index contributed by atoms with van der Waals surface area (Å²) in [5.41, 5.74) is 8.89. The summed E-state index contributed by atoms with van der Waals surface area (Å²) in [4.78, 5) is 0. The van der Waals surface area contributed by atoms with Gasteiger partial charge in [-0.05, 0) is 30.3 Å². The molecule has 1 aromatic heterocycles. The van der Waals surface area contributed by atoms with E-state index in [1.807, 2.05) is 36.4 Å². The second-order valence-corrected chi connectivity index (χ2v) is 6.41. The highest BCUT2D eigenvalue weighted by atomic mass is 16.5. The summed E-state index contributed by atoms with van der Waals surface area (Å²) in [6.45, 7) is 1.24. The third-order valence-electron chi connectivity index (χ3n) is 4.79. The second-order valence-electron chi connectivity index (χ2n) is 6.41. The van der Waals surface area contributed by atoms with Crippen molar-refractivity contribution in [2.24, 2.45) is 5.73 Å². The summed E-state index contributed by atoms with van der Waals surface area (Å²) in [7, 11) is 6.52. The van der Waals surface area contributed by atoms with Gasteiger partial charge in [-0.3, -0.25) is 0 Å². The number of methoxy groups -OCH3 is 4. The van der Waals surface area contributed by atoms with Gasteiger partial charge in [-0.25, -0.2) is 0 Å². The van der Waals surface area contributed by atoms with Crippen molar-refractivity contribution in [1.82, 2.24) is 0 Å². The molecule has 6 nitrogen and oxygen atoms in total. The highest BCUT2D eigenvalue weighted by molar-refractivity contribution is 5.79. The number of pyridine rings is 1. The van der Waals surface area contributed by atoms with E-state index < -0.39 is 0 Å². The quantitative estimate of drug-likeness (QED) is 0.593. The van der Waals surface area contributed by atoms with Crippen molar-refractivity contribution in [2.75, 3.05) is 35.0 Å². The van der Waals surface area contributed by atoms with Crippen molar-refractivity contribution in [3.63, 3.8) is 0 Å². The molecule has 0 aliphatic carbocycles. The molecule has 0 fully saturated rings. The zero-order valence-electron chi connectivity index (χ0n) is 17.3. The molecular weight excluding hydrogens is 368 g/mol. The molecule has 0 unspecified atom stereocenters. The molecule has 0 atom stereocenters. The Kier molecular flexibility index (Phi) is 6.57. The van der Waals surface area contributed by atoms with Gasteiger partial charge in [0.1, 0.15) is 11.5 Å². The number of nitrogens with zero attached hydrogens (tertiary/aromatic N) is 1. The summed E-state index contributed by atoms with van der Waals surface area (Å²) in [6, 6.07) is 13.9. The lowest BCUT2D eigenvalue weighted by Crippen LogP contribution is -2.41. The number of hydrogen-bond donors (Lipinski definition) is 1. The molecule has 3 aromatic rings. The van der Waals surface area contributed by atoms with Crippen LogP contribution < -0.4 is 29.2 Å². The molecule has 0 aliphatic rings. The van der Waals surface area contributed by atoms with Gasteiger partial charge in [-0.1, -0.05) is 0 Å². The Morgan fingerprint density at radius 1 is 0.793 bits per heavy atom. The van der Waals surface area contributed by atoms with Gasteiger partial charge >= 0.3 is 0 Å². The van der Waals surface area contributed by atoms with E-state index in [1.165, 1.54) is 0 Å². The normalized spacial score (nSPS) is 11.1. The van der Waals surface area contributed by atoms with E-state index >= 15 is 0 Å². The number of fused-ring (bicyclic) bond motifs is 1. The number of ether oxygens (including phenoxy) is 4. The van der Waals surface area contributed by atoms with Crippen molar-refractivity contribution in [1.29, 1.82) is 0 Å². The van der Waals surface area contributed by atoms with Gasteiger partial charge in [-0.2, -0.15) is 4.57 Å². The van der Waals surface area contributed by atoms with E-state index in [0.29, 0.717) is 30.3 Å². The van der Waals surface area contributed by atoms with E-state index in [0.717, 1.165) is 27.9 Å². The lowest BCUT2D eigenvalue weighted by atomic mass is 10.1. The molecule has 0 radical (unpaired) electrons. The zero-order valence-corrected chi connectivity index (χ0v) is 17.3. The van der Waals surface area contributed by atoms with E-state index in [9.17, 15) is 0 Å². The third-order valence-corrected chi connectivity index (χ3v) is 4.79. The molecule has 152 valence electrons. The predicted molar refractivity (Wildman–Crippen MR) is 115 cm³/mol. The van der Waals surface area contributed by atoms with Crippen molar-refractivity contribution in [3.8, 4) is 23.0 Å². The minimum atomic E-state index is 0.538. The molecule has 0 saturated carbocycles. The topological polar surface area (TPSA) is 66.8 Å². The van der Waals surface area contributed by atoms with E-state index in [-0.39, 0.29) is 0 Å². The van der Waals surface area contributed by atoms with Crippen molar-refractivity contribution in [3.05, 3.63) is 53.7 Å². The number of hydrogen-bond acceptors (Lipinski definition) is 5. The number of benzene rings is 2. The summed E-state index contributed by atoms with van der Waals surface area (Å²) in [6.07, 6.45) is 4.04. The van der Waals surface area contributed by atoms with Gasteiger partial charge < -0.3 is 24.7 Å². The minimum absolute atomic E-state index is 0.538. The smallest absolute Gasteiger partial charge is 0.213 e. The molecule has 0 aliphatic heterocycles. The summed E-state index contributed by atoms with van der Waals surface area (Å²) in [5, 5.41) is 1.10. The fourth-order valence-electron chi connectivity index (χ4n) is 3.33. The van der Waals surface area contributed by atoms with Gasteiger partial charge in [0.2, 0.25) is 11.2 Å². The van der Waals surface area contributed by atoms with Gasteiger partial charge in [0, 0.05) is 29.8 Å². The maximum Gasteiger partial charge on any atom is 0.213 e. The largest absolute Gasteiger partial charge is 0.497 e. The van der Waals surface area contributed by atoms with E-state index in [1.54, 1.807) is 28.4 Å². The van der Waals surface area contributed by atoms with Crippen LogP contribution >= 0.6 is 0 Å². The Bertz CT molecular complexity index is 1030. The fourth-order valence-corrected chi connectivity index (χ4v) is 3.33. The number of aromatic nitrogens is 1. The first kappa shape index (κ1) is 20.5. The Morgan fingerprint density at radius 2 is 1.52 bits per heavy atom. The van der Waals surface area contributed by atoms with Crippen molar-refractivity contribution >= 4 is 23.1 Å². The first-order valence-corrected chi connectivity index (χ1v) is 9.34. The van der Waals surface area contributed by atoms with E-state index in [4.69, 9.17) is 24.7 Å². The zero-order chi connectivity index (χ0) is 20.8. The Morgan fingerprint density at radius 3 is 2.17 bits per heavy atom. The molecule has 1 heterocycles. The summed E-state index contributed by atoms with van der Waals surface area (Å²) >= 11 is 0. The van der Waals surface area contributed by atoms with Crippen LogP contribution in [0.15, 0.2) is 42.5 Å². The molecule has 6 heteroatoms. The van der Waals surface area contributed by atoms with Crippen LogP contribution in [0.2, 0.25) is 0 Å². The maximum atomic E-state index is 5.88. The first-order chi connectivity index (χ1) is 14.1. The Labute approximate surface area is 171 Å². The number of rotatable bonds is 8. The van der Waals surface area contributed by atoms with E-state index in [2.05, 4.69) is 22.8 Å². The third kappa shape index (κ3) is 4.27. The SMILES string of the molecule is COc1ccc2c(ccc(/C=C/c3cc(OC)c(OC)cc3OC)[n+]2CCN)c1. The van der Waals surface area contributed by atoms with Crippen LogP contribution in [0.5, 0.6) is 23.0 Å². The predicted octanol–water partition coefficient (Wildman–Crippen LogP) is 3.29. The van der Waals surface area contributed by atoms with Crippen LogP contribution in [0.25, 0.3) is 23.1 Å². The molecule has 0 saturated heterocycles. The summed E-state index contributed by atoms with van der Waals surface area (Å²) in [5.74, 6) is 2.80. The highest BCUT2D eigenvalue weighted by Crippen LogP contribution is 2.35. The van der Waals surface area contributed by atoms with Crippen LogP contribution in [-0.4, -0.2) is 35.0 Å². The molecule has 29 heavy (non-hydrogen) atoms. The molecular formula is C23H27N2O4+. The number of nitrogens with two attached hydrogens (primary N) is 1. The Hall–Kier alpha value is -3.25. The van der Waals surface area contributed by atoms with Crippen LogP contribution in [0, 0.1) is 0 Å². The van der Waals surface area contributed by atoms with Crippen LogP contribution in [0.4, 0.5) is 0 Å². The molecule has 0 bridgehead atoms. The maximum absolute atomic E-state index is 5.88. The highest BCUT2D eigenvalue weighted by Gasteiger charge is 2.15. The van der Waals surface area contributed by atoms with Crippen LogP contribution in [0.3, 0.4) is 0 Å². The average molecular weight is 395 g/mol. The first-order valence-electron chi connectivity index (χ1n) is 9.34. The van der Waals surface area contributed by atoms with Gasteiger partial charge in [0.05, 0.1) is 40.4 Å². The van der Waals surface area contributed by atoms with Crippen LogP contribution in [-0.2, 0) is 6.54 Å². The summed E-state index contributed by atoms with van der Waals surface area (Å²) < 4.78 is 23.8. The van der Waals surface area contributed by atoms with Crippen molar-refractivity contribution in [2.45, 2.75) is 6.54 Å². The molecule has 2 N–H and O–H groups in total.